The first-order valence-electron chi connectivity index (χ1n) is 13.1. The lowest BCUT2D eigenvalue weighted by Crippen LogP contribution is -2.43. The van der Waals surface area contributed by atoms with Crippen LogP contribution in [0.5, 0.6) is 5.75 Å². The number of hydrogen-bond acceptors (Lipinski definition) is 6. The molecule has 0 unspecified atom stereocenters. The van der Waals surface area contributed by atoms with E-state index in [2.05, 4.69) is 25.5 Å². The summed E-state index contributed by atoms with van der Waals surface area (Å²) in [7, 11) is 0. The van der Waals surface area contributed by atoms with Gasteiger partial charge in [0.05, 0.1) is 24.0 Å². The predicted octanol–water partition coefficient (Wildman–Crippen LogP) is 5.17. The van der Waals surface area contributed by atoms with Crippen LogP contribution in [0.4, 0.5) is 36.6 Å². The average molecular weight is 625 g/mol. The third-order valence-corrected chi connectivity index (χ3v) is 6.75. The van der Waals surface area contributed by atoms with Crippen molar-refractivity contribution in [1.29, 1.82) is 0 Å². The molecule has 2 N–H and O–H groups in total. The molecule has 0 atom stereocenters. The van der Waals surface area contributed by atoms with Crippen LogP contribution >= 0.6 is 0 Å². The van der Waals surface area contributed by atoms with Crippen molar-refractivity contribution in [2.24, 2.45) is 0 Å². The van der Waals surface area contributed by atoms with Crippen molar-refractivity contribution in [3.05, 3.63) is 77.5 Å². The molecule has 0 spiro atoms. The van der Waals surface area contributed by atoms with Crippen LogP contribution in [-0.2, 0) is 11.3 Å². The van der Waals surface area contributed by atoms with Gasteiger partial charge in [0, 0.05) is 43.6 Å². The standard InChI is InChI=1S/C28H23F7N6O3/c29-20-5-4-17(44-28(33,34)35)12-16(20)13-36-26(43)19-3-1-2-18(25(19)30)21-6-7-23-37-22(14-41(23)39-21)38-24(42)15-40-10-8-27(31,32)9-11-40/h1-7,12,14H,8-11,13,15H2,(H,36,43)(H,38,42). The number of hydrogen-bond donors (Lipinski definition) is 2. The number of piperidine rings is 1. The van der Waals surface area contributed by atoms with Crippen molar-refractivity contribution >= 4 is 23.3 Å². The van der Waals surface area contributed by atoms with E-state index in [9.17, 15) is 35.9 Å². The number of carbonyl (C=O) groups excluding carboxylic acids is 2. The lowest BCUT2D eigenvalue weighted by atomic mass is 10.1. The Morgan fingerprint density at radius 3 is 2.50 bits per heavy atom. The summed E-state index contributed by atoms with van der Waals surface area (Å²) in [6.45, 7) is -0.482. The summed E-state index contributed by atoms with van der Waals surface area (Å²) in [6.07, 6.45) is -4.27. The van der Waals surface area contributed by atoms with Crippen LogP contribution in [0.15, 0.2) is 54.7 Å². The van der Waals surface area contributed by atoms with Gasteiger partial charge >= 0.3 is 6.36 Å². The van der Waals surface area contributed by atoms with Crippen molar-refractivity contribution in [3.8, 4) is 17.0 Å². The van der Waals surface area contributed by atoms with Gasteiger partial charge in [-0.05, 0) is 42.5 Å². The monoisotopic (exact) mass is 624 g/mol. The molecule has 1 aliphatic heterocycles. The zero-order valence-corrected chi connectivity index (χ0v) is 22.6. The van der Waals surface area contributed by atoms with Gasteiger partial charge in [-0.25, -0.2) is 27.1 Å². The van der Waals surface area contributed by atoms with E-state index in [1.54, 1.807) is 4.90 Å². The maximum absolute atomic E-state index is 15.5. The van der Waals surface area contributed by atoms with Crippen molar-refractivity contribution in [2.75, 3.05) is 25.0 Å². The van der Waals surface area contributed by atoms with Gasteiger partial charge in [-0.15, -0.1) is 13.2 Å². The Balaban J connectivity index is 1.26. The zero-order chi connectivity index (χ0) is 31.6. The number of halogens is 7. The van der Waals surface area contributed by atoms with Gasteiger partial charge in [-0.1, -0.05) is 6.07 Å². The molecule has 5 rings (SSSR count). The molecule has 4 aromatic rings. The topological polar surface area (TPSA) is 101 Å². The van der Waals surface area contributed by atoms with Gasteiger partial charge in [0.2, 0.25) is 5.91 Å². The molecule has 1 fully saturated rings. The first-order valence-corrected chi connectivity index (χ1v) is 13.1. The summed E-state index contributed by atoms with van der Waals surface area (Å²) in [4.78, 5) is 31.0. The summed E-state index contributed by atoms with van der Waals surface area (Å²) in [5, 5.41) is 9.15. The number of amides is 2. The number of alkyl halides is 5. The molecule has 1 saturated heterocycles. The summed E-state index contributed by atoms with van der Waals surface area (Å²) in [6, 6.07) is 9.13. The third-order valence-electron chi connectivity index (χ3n) is 6.75. The number of nitrogens with zero attached hydrogens (tertiary/aromatic N) is 4. The Morgan fingerprint density at radius 1 is 1.02 bits per heavy atom. The van der Waals surface area contributed by atoms with Crippen LogP contribution in [0, 0.1) is 11.6 Å². The number of aromatic nitrogens is 3. The van der Waals surface area contributed by atoms with E-state index in [4.69, 9.17) is 0 Å². The quantitative estimate of drug-likeness (QED) is 0.263. The molecular formula is C28H23F7N6O3. The van der Waals surface area contributed by atoms with Crippen molar-refractivity contribution < 1.29 is 45.1 Å². The largest absolute Gasteiger partial charge is 0.573 e. The number of carbonyl (C=O) groups is 2. The zero-order valence-electron chi connectivity index (χ0n) is 22.6. The first-order chi connectivity index (χ1) is 20.8. The van der Waals surface area contributed by atoms with Gasteiger partial charge in [-0.3, -0.25) is 14.5 Å². The van der Waals surface area contributed by atoms with E-state index in [1.165, 1.54) is 41.0 Å². The molecular weight excluding hydrogens is 601 g/mol. The molecule has 16 heteroatoms. The van der Waals surface area contributed by atoms with Crippen LogP contribution in [0.3, 0.4) is 0 Å². The highest BCUT2D eigenvalue weighted by Gasteiger charge is 2.34. The van der Waals surface area contributed by atoms with Gasteiger partial charge in [0.15, 0.2) is 11.5 Å². The SMILES string of the molecule is O=C(CN1CCC(F)(F)CC1)Nc1cn2nc(-c3cccc(C(=O)NCc4cc(OC(F)(F)F)ccc4F)c3F)ccc2n1. The molecule has 1 aliphatic rings. The highest BCUT2D eigenvalue weighted by atomic mass is 19.4. The number of nitrogens with one attached hydrogen (secondary N) is 2. The fourth-order valence-corrected chi connectivity index (χ4v) is 4.57. The number of fused-ring (bicyclic) bond motifs is 1. The lowest BCUT2D eigenvalue weighted by Gasteiger charge is -2.30. The number of rotatable bonds is 8. The van der Waals surface area contributed by atoms with Crippen LogP contribution in [0.25, 0.3) is 16.9 Å². The maximum Gasteiger partial charge on any atom is 0.573 e. The van der Waals surface area contributed by atoms with E-state index in [1.807, 2.05) is 0 Å². The number of benzene rings is 2. The molecule has 2 aromatic heterocycles. The molecule has 232 valence electrons. The fourth-order valence-electron chi connectivity index (χ4n) is 4.57. The summed E-state index contributed by atoms with van der Waals surface area (Å²) >= 11 is 0. The number of anilines is 1. The van der Waals surface area contributed by atoms with Crippen LogP contribution in [-0.4, -0.2) is 63.2 Å². The lowest BCUT2D eigenvalue weighted by molar-refractivity contribution is -0.274. The molecule has 0 aliphatic carbocycles. The summed E-state index contributed by atoms with van der Waals surface area (Å²) in [5.74, 6) is -6.57. The van der Waals surface area contributed by atoms with Crippen LogP contribution < -0.4 is 15.4 Å². The van der Waals surface area contributed by atoms with Crippen LogP contribution in [0.1, 0.15) is 28.8 Å². The van der Waals surface area contributed by atoms with Gasteiger partial charge in [0.25, 0.3) is 11.8 Å². The second-order valence-electron chi connectivity index (χ2n) is 9.98. The molecule has 0 bridgehead atoms. The average Bonchev–Trinajstić information content (AvgIpc) is 3.35. The van der Waals surface area contributed by atoms with Crippen molar-refractivity contribution in [2.45, 2.75) is 31.7 Å². The summed E-state index contributed by atoms with van der Waals surface area (Å²) < 4.78 is 98.8. The highest BCUT2D eigenvalue weighted by molar-refractivity contribution is 5.95. The minimum Gasteiger partial charge on any atom is -0.406 e. The first kappa shape index (κ1) is 30.7. The predicted molar refractivity (Wildman–Crippen MR) is 142 cm³/mol. The molecule has 9 nitrogen and oxygen atoms in total. The maximum atomic E-state index is 15.5. The molecule has 2 aromatic carbocycles. The second kappa shape index (κ2) is 12.1. The normalized spacial score (nSPS) is 15.2. The number of imidazole rings is 1. The van der Waals surface area contributed by atoms with Crippen LogP contribution in [0.2, 0.25) is 0 Å². The van der Waals surface area contributed by atoms with Crippen molar-refractivity contribution in [3.63, 3.8) is 0 Å². The third kappa shape index (κ3) is 7.42. The molecule has 0 saturated carbocycles. The Bertz CT molecular complexity index is 1700. The fraction of sp³-hybridized carbons (Fsp3) is 0.286. The Morgan fingerprint density at radius 2 is 1.77 bits per heavy atom. The van der Waals surface area contributed by atoms with E-state index in [0.717, 1.165) is 18.2 Å². The van der Waals surface area contributed by atoms with Crippen molar-refractivity contribution in [1.82, 2.24) is 24.8 Å². The smallest absolute Gasteiger partial charge is 0.406 e. The Hall–Kier alpha value is -4.73. The van der Waals surface area contributed by atoms with Gasteiger partial charge < -0.3 is 15.4 Å². The molecule has 3 heterocycles. The molecule has 44 heavy (non-hydrogen) atoms. The molecule has 2 amide bonds. The minimum atomic E-state index is -5.00. The highest BCUT2D eigenvalue weighted by Crippen LogP contribution is 2.28. The van der Waals surface area contributed by atoms with Gasteiger partial charge in [0.1, 0.15) is 17.4 Å². The molecule has 0 radical (unpaired) electrons. The Labute approximate surface area is 244 Å². The van der Waals surface area contributed by atoms with E-state index >= 15 is 4.39 Å². The summed E-state index contributed by atoms with van der Waals surface area (Å²) in [5.41, 5.74) is -0.426. The Kier molecular flexibility index (Phi) is 8.45. The van der Waals surface area contributed by atoms with Gasteiger partial charge in [-0.2, -0.15) is 5.10 Å². The number of likely N-dealkylation sites (tertiary alicyclic amines) is 1. The van der Waals surface area contributed by atoms with E-state index in [0.29, 0.717) is 5.65 Å². The second-order valence-corrected chi connectivity index (χ2v) is 9.98. The van der Waals surface area contributed by atoms with E-state index in [-0.39, 0.29) is 55.1 Å². The van der Waals surface area contributed by atoms with E-state index < -0.39 is 53.6 Å². The minimum absolute atomic E-state index is 0.0764. The number of ether oxygens (including phenoxy) is 1.